The van der Waals surface area contributed by atoms with Gasteiger partial charge in [-0.25, -0.2) is 0 Å². The Labute approximate surface area is 115 Å². The number of nitrogens with two attached hydrogens (primary N) is 1. The largest absolute Gasteiger partial charge is 0.318 e. The van der Waals surface area contributed by atoms with E-state index in [1.165, 1.54) is 0 Å². The van der Waals surface area contributed by atoms with Crippen molar-refractivity contribution >= 4 is 27.2 Å². The van der Waals surface area contributed by atoms with Gasteiger partial charge in [-0.15, -0.1) is 11.3 Å². The third-order valence-electron chi connectivity index (χ3n) is 3.19. The van der Waals surface area contributed by atoms with Gasteiger partial charge in [0.25, 0.3) is 0 Å². The predicted molar refractivity (Wildman–Crippen MR) is 79.5 cm³/mol. The van der Waals surface area contributed by atoms with Crippen LogP contribution in [0, 0.1) is 0 Å². The van der Waals surface area contributed by atoms with Crippen molar-refractivity contribution in [2.24, 2.45) is 5.73 Å². The maximum atomic E-state index is 12.5. The van der Waals surface area contributed by atoms with E-state index in [0.717, 1.165) is 15.6 Å². The summed E-state index contributed by atoms with van der Waals surface area (Å²) in [6.07, 6.45) is 0. The second-order valence-electron chi connectivity index (χ2n) is 4.40. The van der Waals surface area contributed by atoms with Crippen molar-refractivity contribution in [3.8, 4) is 0 Å². The molecule has 0 bridgehead atoms. The van der Waals surface area contributed by atoms with Gasteiger partial charge in [-0.3, -0.25) is 4.79 Å². The molecule has 3 aromatic rings. The van der Waals surface area contributed by atoms with Crippen LogP contribution in [0.3, 0.4) is 0 Å². The predicted octanol–water partition coefficient (Wildman–Crippen LogP) is 3.78. The fourth-order valence-corrected chi connectivity index (χ4v) is 3.08. The lowest BCUT2D eigenvalue weighted by Crippen LogP contribution is -2.21. The molecule has 0 fully saturated rings. The number of ketones is 1. The lowest BCUT2D eigenvalue weighted by atomic mass is 9.97. The van der Waals surface area contributed by atoms with E-state index < -0.39 is 6.04 Å². The monoisotopic (exact) mass is 267 g/mol. The summed E-state index contributed by atoms with van der Waals surface area (Å²) < 4.78 is 1.01. The van der Waals surface area contributed by atoms with Crippen LogP contribution in [-0.2, 0) is 0 Å². The molecule has 19 heavy (non-hydrogen) atoms. The smallest absolute Gasteiger partial charge is 0.185 e. The Hall–Kier alpha value is -1.97. The van der Waals surface area contributed by atoms with E-state index >= 15 is 0 Å². The Bertz CT molecular complexity index is 718. The van der Waals surface area contributed by atoms with Crippen molar-refractivity contribution in [2.75, 3.05) is 0 Å². The molecule has 2 N–H and O–H groups in total. The quantitative estimate of drug-likeness (QED) is 0.734. The molecule has 2 nitrogen and oxygen atoms in total. The molecular weight excluding hydrogens is 254 g/mol. The molecule has 1 atom stereocenters. The fraction of sp³-hybridized carbons (Fsp3) is 0.0625. The number of carbonyl (C=O) groups excluding carboxylic acids is 1. The van der Waals surface area contributed by atoms with Crippen LogP contribution in [0.15, 0.2) is 60.0 Å². The van der Waals surface area contributed by atoms with Gasteiger partial charge in [0.05, 0.1) is 6.04 Å². The van der Waals surface area contributed by atoms with E-state index in [1.54, 1.807) is 11.3 Å². The SMILES string of the molecule is NC(C(=O)c1cccc2ccsc12)c1ccccc1. The highest BCUT2D eigenvalue weighted by Crippen LogP contribution is 2.27. The molecule has 0 amide bonds. The molecule has 0 saturated carbocycles. The Morgan fingerprint density at radius 3 is 2.58 bits per heavy atom. The van der Waals surface area contributed by atoms with Crippen molar-refractivity contribution in [2.45, 2.75) is 6.04 Å². The number of Topliss-reactive ketones (excluding diaryl/α,β-unsaturated/α-hetero) is 1. The highest BCUT2D eigenvalue weighted by Gasteiger charge is 2.19. The maximum Gasteiger partial charge on any atom is 0.185 e. The fourth-order valence-electron chi connectivity index (χ4n) is 2.17. The number of fused-ring (bicyclic) bond motifs is 1. The molecule has 0 aliphatic carbocycles. The maximum absolute atomic E-state index is 12.5. The van der Waals surface area contributed by atoms with Gasteiger partial charge in [-0.05, 0) is 28.5 Å². The summed E-state index contributed by atoms with van der Waals surface area (Å²) in [7, 11) is 0. The van der Waals surface area contributed by atoms with E-state index in [2.05, 4.69) is 0 Å². The minimum Gasteiger partial charge on any atom is -0.318 e. The van der Waals surface area contributed by atoms with Crippen LogP contribution in [0.4, 0.5) is 0 Å². The average Bonchev–Trinajstić information content (AvgIpc) is 2.95. The van der Waals surface area contributed by atoms with Gasteiger partial charge in [-0.1, -0.05) is 42.5 Å². The molecule has 0 radical (unpaired) electrons. The summed E-state index contributed by atoms with van der Waals surface area (Å²) in [6, 6.07) is 16.7. The average molecular weight is 267 g/mol. The van der Waals surface area contributed by atoms with Gasteiger partial charge >= 0.3 is 0 Å². The van der Waals surface area contributed by atoms with E-state index in [0.29, 0.717) is 5.56 Å². The van der Waals surface area contributed by atoms with Crippen molar-refractivity contribution in [1.29, 1.82) is 0 Å². The first-order valence-electron chi connectivity index (χ1n) is 6.08. The summed E-state index contributed by atoms with van der Waals surface area (Å²) in [5.74, 6) is -0.0285. The summed E-state index contributed by atoms with van der Waals surface area (Å²) in [6.45, 7) is 0. The number of hydrogen-bond acceptors (Lipinski definition) is 3. The molecule has 0 saturated heterocycles. The first-order chi connectivity index (χ1) is 9.27. The van der Waals surface area contributed by atoms with Crippen molar-refractivity contribution in [3.63, 3.8) is 0 Å². The van der Waals surface area contributed by atoms with Gasteiger partial charge in [0.1, 0.15) is 0 Å². The zero-order chi connectivity index (χ0) is 13.2. The van der Waals surface area contributed by atoms with Crippen LogP contribution in [0.1, 0.15) is 22.0 Å². The normalized spacial score (nSPS) is 12.5. The van der Waals surface area contributed by atoms with Crippen LogP contribution in [0.25, 0.3) is 10.1 Å². The summed E-state index contributed by atoms with van der Waals surface area (Å²) in [5.41, 5.74) is 7.65. The zero-order valence-electron chi connectivity index (χ0n) is 10.2. The highest BCUT2D eigenvalue weighted by molar-refractivity contribution is 7.17. The van der Waals surface area contributed by atoms with Gasteiger partial charge in [0, 0.05) is 10.3 Å². The molecule has 1 heterocycles. The molecular formula is C16H13NOS. The first-order valence-corrected chi connectivity index (χ1v) is 6.96. The molecule has 2 aromatic carbocycles. The minimum absolute atomic E-state index is 0.0285. The number of hydrogen-bond donors (Lipinski definition) is 1. The lowest BCUT2D eigenvalue weighted by Gasteiger charge is -2.11. The van der Waals surface area contributed by atoms with Crippen LogP contribution in [0.2, 0.25) is 0 Å². The van der Waals surface area contributed by atoms with E-state index in [-0.39, 0.29) is 5.78 Å². The summed E-state index contributed by atoms with van der Waals surface area (Å²) >= 11 is 1.58. The van der Waals surface area contributed by atoms with Crippen LogP contribution < -0.4 is 5.73 Å². The molecule has 3 heteroatoms. The Kier molecular flexibility index (Phi) is 3.15. The lowest BCUT2D eigenvalue weighted by molar-refractivity contribution is 0.0963. The number of thiophene rings is 1. The molecule has 94 valence electrons. The van der Waals surface area contributed by atoms with E-state index in [9.17, 15) is 4.79 Å². The third-order valence-corrected chi connectivity index (χ3v) is 4.15. The molecule has 0 aliphatic rings. The van der Waals surface area contributed by atoms with Gasteiger partial charge in [0.15, 0.2) is 5.78 Å². The van der Waals surface area contributed by atoms with Crippen molar-refractivity contribution in [3.05, 3.63) is 71.1 Å². The summed E-state index contributed by atoms with van der Waals surface area (Å²) in [5, 5.41) is 3.09. The number of benzene rings is 2. The number of carbonyl (C=O) groups is 1. The zero-order valence-corrected chi connectivity index (χ0v) is 11.1. The molecule has 0 aliphatic heterocycles. The van der Waals surface area contributed by atoms with E-state index in [4.69, 9.17) is 5.73 Å². The molecule has 1 unspecified atom stereocenters. The van der Waals surface area contributed by atoms with Gasteiger partial charge < -0.3 is 5.73 Å². The van der Waals surface area contributed by atoms with E-state index in [1.807, 2.05) is 60.0 Å². The molecule has 1 aromatic heterocycles. The van der Waals surface area contributed by atoms with Crippen LogP contribution >= 0.6 is 11.3 Å². The van der Waals surface area contributed by atoms with Gasteiger partial charge in [0.2, 0.25) is 0 Å². The second kappa shape index (κ2) is 4.96. The first kappa shape index (κ1) is 12.1. The highest BCUT2D eigenvalue weighted by atomic mass is 32.1. The standard InChI is InChI=1S/C16H13NOS/c17-14(11-5-2-1-3-6-11)15(18)13-8-4-7-12-9-10-19-16(12)13/h1-10,14H,17H2. The topological polar surface area (TPSA) is 43.1 Å². The molecule has 3 rings (SSSR count). The van der Waals surface area contributed by atoms with Crippen molar-refractivity contribution in [1.82, 2.24) is 0 Å². The Morgan fingerprint density at radius 1 is 1.00 bits per heavy atom. The van der Waals surface area contributed by atoms with Crippen LogP contribution in [-0.4, -0.2) is 5.78 Å². The second-order valence-corrected chi connectivity index (χ2v) is 5.31. The minimum atomic E-state index is -0.603. The van der Waals surface area contributed by atoms with Crippen LogP contribution in [0.5, 0.6) is 0 Å². The summed E-state index contributed by atoms with van der Waals surface area (Å²) in [4.78, 5) is 12.5. The van der Waals surface area contributed by atoms with Crippen molar-refractivity contribution < 1.29 is 4.79 Å². The third kappa shape index (κ3) is 2.18. The Morgan fingerprint density at radius 2 is 1.79 bits per heavy atom. The van der Waals surface area contributed by atoms with Gasteiger partial charge in [-0.2, -0.15) is 0 Å². The number of rotatable bonds is 3. The molecule has 0 spiro atoms. The Balaban J connectivity index is 2.02.